The number of nitrogens with one attached hydrogen (secondary N) is 1. The second-order valence-electron chi connectivity index (χ2n) is 6.42. The SMILES string of the molecule is CCNCC(C)(CN1CCN(CC)CC1)c1ccccc1. The Morgan fingerprint density at radius 1 is 1.00 bits per heavy atom. The lowest BCUT2D eigenvalue weighted by atomic mass is 9.81. The van der Waals surface area contributed by atoms with Gasteiger partial charge in [0, 0.05) is 44.7 Å². The van der Waals surface area contributed by atoms with E-state index in [0.717, 1.165) is 19.6 Å². The van der Waals surface area contributed by atoms with Crippen molar-refractivity contribution in [2.45, 2.75) is 26.2 Å². The van der Waals surface area contributed by atoms with Crippen LogP contribution in [0.3, 0.4) is 0 Å². The third-order valence-electron chi connectivity index (χ3n) is 4.72. The molecule has 1 atom stereocenters. The first-order chi connectivity index (χ1) is 10.2. The first-order valence-electron chi connectivity index (χ1n) is 8.39. The van der Waals surface area contributed by atoms with E-state index in [2.05, 4.69) is 66.2 Å². The topological polar surface area (TPSA) is 18.5 Å². The molecule has 1 heterocycles. The van der Waals surface area contributed by atoms with Gasteiger partial charge in [-0.25, -0.2) is 0 Å². The van der Waals surface area contributed by atoms with Gasteiger partial charge >= 0.3 is 0 Å². The molecule has 0 radical (unpaired) electrons. The van der Waals surface area contributed by atoms with Gasteiger partial charge in [-0.1, -0.05) is 51.1 Å². The summed E-state index contributed by atoms with van der Waals surface area (Å²) in [4.78, 5) is 5.18. The Kier molecular flexibility index (Phi) is 6.22. The molecule has 0 aromatic heterocycles. The lowest BCUT2D eigenvalue weighted by Crippen LogP contribution is -2.52. The molecule has 0 saturated carbocycles. The maximum Gasteiger partial charge on any atom is 0.0177 e. The molecule has 0 bridgehead atoms. The lowest BCUT2D eigenvalue weighted by Gasteiger charge is -2.40. The van der Waals surface area contributed by atoms with E-state index in [1.165, 1.54) is 38.3 Å². The van der Waals surface area contributed by atoms with Crippen molar-refractivity contribution in [3.05, 3.63) is 35.9 Å². The minimum absolute atomic E-state index is 0.186. The summed E-state index contributed by atoms with van der Waals surface area (Å²) in [5.41, 5.74) is 1.63. The molecule has 1 saturated heterocycles. The Morgan fingerprint density at radius 3 is 2.19 bits per heavy atom. The van der Waals surface area contributed by atoms with Gasteiger partial charge in [0.25, 0.3) is 0 Å². The van der Waals surface area contributed by atoms with Gasteiger partial charge in [0.05, 0.1) is 0 Å². The molecule has 1 aromatic rings. The van der Waals surface area contributed by atoms with Crippen molar-refractivity contribution in [1.29, 1.82) is 0 Å². The van der Waals surface area contributed by atoms with Gasteiger partial charge in [-0.05, 0) is 18.7 Å². The predicted molar refractivity (Wildman–Crippen MR) is 90.9 cm³/mol. The van der Waals surface area contributed by atoms with Crippen molar-refractivity contribution < 1.29 is 0 Å². The molecule has 3 heteroatoms. The Labute approximate surface area is 130 Å². The molecular weight excluding hydrogens is 258 g/mol. The third-order valence-corrected chi connectivity index (χ3v) is 4.72. The van der Waals surface area contributed by atoms with Crippen LogP contribution in [0.2, 0.25) is 0 Å². The number of piperazine rings is 1. The van der Waals surface area contributed by atoms with Crippen LogP contribution in [0.15, 0.2) is 30.3 Å². The van der Waals surface area contributed by atoms with Crippen LogP contribution < -0.4 is 5.32 Å². The second kappa shape index (κ2) is 7.92. The van der Waals surface area contributed by atoms with Crippen LogP contribution in [-0.2, 0) is 5.41 Å². The zero-order valence-corrected chi connectivity index (χ0v) is 13.9. The Bertz CT molecular complexity index is 398. The molecule has 1 aliphatic heterocycles. The smallest absolute Gasteiger partial charge is 0.0177 e. The van der Waals surface area contributed by atoms with E-state index in [1.54, 1.807) is 0 Å². The molecule has 0 spiro atoms. The largest absolute Gasteiger partial charge is 0.316 e. The number of hydrogen-bond donors (Lipinski definition) is 1. The summed E-state index contributed by atoms with van der Waals surface area (Å²) in [6.07, 6.45) is 0. The fraction of sp³-hybridized carbons (Fsp3) is 0.667. The number of nitrogens with zero attached hydrogens (tertiary/aromatic N) is 2. The van der Waals surface area contributed by atoms with Gasteiger partial charge in [-0.3, -0.25) is 4.90 Å². The minimum Gasteiger partial charge on any atom is -0.316 e. The summed E-state index contributed by atoms with van der Waals surface area (Å²) in [6, 6.07) is 11.0. The second-order valence-corrected chi connectivity index (χ2v) is 6.42. The van der Waals surface area contributed by atoms with Crippen LogP contribution in [0.4, 0.5) is 0 Å². The molecule has 1 aliphatic rings. The van der Waals surface area contributed by atoms with E-state index >= 15 is 0 Å². The van der Waals surface area contributed by atoms with Gasteiger partial charge in [0.15, 0.2) is 0 Å². The number of benzene rings is 1. The number of hydrogen-bond acceptors (Lipinski definition) is 3. The van der Waals surface area contributed by atoms with Crippen molar-refractivity contribution in [3.63, 3.8) is 0 Å². The van der Waals surface area contributed by atoms with Crippen molar-refractivity contribution in [1.82, 2.24) is 15.1 Å². The Morgan fingerprint density at radius 2 is 1.62 bits per heavy atom. The normalized spacial score (nSPS) is 20.3. The highest BCUT2D eigenvalue weighted by Gasteiger charge is 2.30. The highest BCUT2D eigenvalue weighted by molar-refractivity contribution is 5.25. The van der Waals surface area contributed by atoms with E-state index in [4.69, 9.17) is 0 Å². The molecule has 21 heavy (non-hydrogen) atoms. The molecule has 0 amide bonds. The Hall–Kier alpha value is -0.900. The van der Waals surface area contributed by atoms with Gasteiger partial charge in [-0.2, -0.15) is 0 Å². The Balaban J connectivity index is 2.03. The summed E-state index contributed by atoms with van der Waals surface area (Å²) in [6.45, 7) is 16.1. The van der Waals surface area contributed by atoms with Crippen LogP contribution in [0, 0.1) is 0 Å². The molecule has 3 nitrogen and oxygen atoms in total. The van der Waals surface area contributed by atoms with E-state index in [9.17, 15) is 0 Å². The van der Waals surface area contributed by atoms with Gasteiger partial charge in [0.1, 0.15) is 0 Å². The molecule has 118 valence electrons. The van der Waals surface area contributed by atoms with Crippen molar-refractivity contribution in [3.8, 4) is 0 Å². The van der Waals surface area contributed by atoms with E-state index in [-0.39, 0.29) is 5.41 Å². The van der Waals surface area contributed by atoms with Crippen LogP contribution in [0.5, 0.6) is 0 Å². The van der Waals surface area contributed by atoms with E-state index < -0.39 is 0 Å². The van der Waals surface area contributed by atoms with Crippen molar-refractivity contribution in [2.75, 3.05) is 52.4 Å². The average molecular weight is 289 g/mol. The standard InChI is InChI=1S/C18H31N3/c1-4-19-15-18(3,17-9-7-6-8-10-17)16-21-13-11-20(5-2)12-14-21/h6-10,19H,4-5,11-16H2,1-3H3. The fourth-order valence-corrected chi connectivity index (χ4v) is 3.25. The first-order valence-corrected chi connectivity index (χ1v) is 8.39. The lowest BCUT2D eigenvalue weighted by molar-refractivity contribution is 0.115. The van der Waals surface area contributed by atoms with Crippen LogP contribution in [-0.4, -0.2) is 62.2 Å². The molecule has 1 aromatic carbocycles. The fourth-order valence-electron chi connectivity index (χ4n) is 3.25. The summed E-state index contributed by atoms with van der Waals surface area (Å²) >= 11 is 0. The van der Waals surface area contributed by atoms with Crippen LogP contribution in [0.25, 0.3) is 0 Å². The summed E-state index contributed by atoms with van der Waals surface area (Å²) in [5.74, 6) is 0. The monoisotopic (exact) mass is 289 g/mol. The van der Waals surface area contributed by atoms with E-state index in [0.29, 0.717) is 0 Å². The van der Waals surface area contributed by atoms with E-state index in [1.807, 2.05) is 0 Å². The number of rotatable bonds is 7. The molecule has 1 N–H and O–H groups in total. The van der Waals surface area contributed by atoms with Crippen molar-refractivity contribution in [2.24, 2.45) is 0 Å². The molecular formula is C18H31N3. The third kappa shape index (κ3) is 4.53. The average Bonchev–Trinajstić information content (AvgIpc) is 2.54. The highest BCUT2D eigenvalue weighted by atomic mass is 15.3. The van der Waals surface area contributed by atoms with Gasteiger partial charge in [0.2, 0.25) is 0 Å². The van der Waals surface area contributed by atoms with Crippen molar-refractivity contribution >= 4 is 0 Å². The molecule has 1 fully saturated rings. The summed E-state index contributed by atoms with van der Waals surface area (Å²) in [7, 11) is 0. The number of likely N-dealkylation sites (N-methyl/N-ethyl adjacent to an activating group) is 2. The molecule has 1 unspecified atom stereocenters. The quantitative estimate of drug-likeness (QED) is 0.830. The van der Waals surface area contributed by atoms with Gasteiger partial charge < -0.3 is 10.2 Å². The zero-order chi connectivity index (χ0) is 15.1. The summed E-state index contributed by atoms with van der Waals surface area (Å²) < 4.78 is 0. The maximum absolute atomic E-state index is 3.56. The van der Waals surface area contributed by atoms with Gasteiger partial charge in [-0.15, -0.1) is 0 Å². The zero-order valence-electron chi connectivity index (χ0n) is 13.9. The first kappa shape index (κ1) is 16.5. The maximum atomic E-state index is 3.56. The highest BCUT2D eigenvalue weighted by Crippen LogP contribution is 2.25. The van der Waals surface area contributed by atoms with Crippen LogP contribution >= 0.6 is 0 Å². The summed E-state index contributed by atoms with van der Waals surface area (Å²) in [5, 5.41) is 3.56. The molecule has 2 rings (SSSR count). The molecule has 0 aliphatic carbocycles. The van der Waals surface area contributed by atoms with Crippen LogP contribution in [0.1, 0.15) is 26.3 Å². The predicted octanol–water partition coefficient (Wildman–Crippen LogP) is 2.19. The minimum atomic E-state index is 0.186.